The highest BCUT2D eigenvalue weighted by Crippen LogP contribution is 2.35. The first-order valence-corrected chi connectivity index (χ1v) is 6.43. The number of rotatable bonds is 2. The van der Waals surface area contributed by atoms with Gasteiger partial charge in [-0.15, -0.1) is 0 Å². The zero-order valence-corrected chi connectivity index (χ0v) is 10.4. The normalized spacial score (nSPS) is 25.2. The highest BCUT2D eigenvalue weighted by Gasteiger charge is 2.27. The third-order valence-corrected chi connectivity index (χ3v) is 3.71. The fourth-order valence-electron chi connectivity index (χ4n) is 2.66. The molecular weight excluding hydrogens is 230 g/mol. The van der Waals surface area contributed by atoms with E-state index in [4.69, 9.17) is 9.47 Å². The minimum absolute atomic E-state index is 0.123. The molecule has 1 fully saturated rings. The number of ether oxygens (including phenoxy) is 2. The maximum absolute atomic E-state index is 12.1. The predicted octanol–water partition coefficient (Wildman–Crippen LogP) is 2.79. The molecule has 0 saturated heterocycles. The molecule has 1 aliphatic heterocycles. The van der Waals surface area contributed by atoms with E-state index in [1.807, 2.05) is 18.2 Å². The maximum atomic E-state index is 12.1. The van der Waals surface area contributed by atoms with Gasteiger partial charge in [-0.05, 0) is 37.3 Å². The van der Waals surface area contributed by atoms with E-state index in [0.29, 0.717) is 11.7 Å². The first-order valence-electron chi connectivity index (χ1n) is 6.43. The average Bonchev–Trinajstić information content (AvgIpc) is 2.96. The number of benzene rings is 1. The lowest BCUT2D eigenvalue weighted by Crippen LogP contribution is -2.20. The van der Waals surface area contributed by atoms with Crippen LogP contribution in [0.1, 0.15) is 26.2 Å². The zero-order valence-electron chi connectivity index (χ0n) is 10.4. The summed E-state index contributed by atoms with van der Waals surface area (Å²) in [4.78, 5) is 12.1. The van der Waals surface area contributed by atoms with E-state index in [1.54, 1.807) is 0 Å². The van der Waals surface area contributed by atoms with Gasteiger partial charge in [0, 0.05) is 17.7 Å². The number of anilines is 1. The van der Waals surface area contributed by atoms with Gasteiger partial charge >= 0.3 is 0 Å². The highest BCUT2D eigenvalue weighted by molar-refractivity contribution is 5.93. The van der Waals surface area contributed by atoms with Gasteiger partial charge in [-0.25, -0.2) is 0 Å². The molecule has 96 valence electrons. The average molecular weight is 247 g/mol. The number of hydrogen-bond acceptors (Lipinski definition) is 3. The van der Waals surface area contributed by atoms with Crippen molar-refractivity contribution in [3.63, 3.8) is 0 Å². The quantitative estimate of drug-likeness (QED) is 0.874. The van der Waals surface area contributed by atoms with Gasteiger partial charge in [-0.3, -0.25) is 4.79 Å². The summed E-state index contributed by atoms with van der Waals surface area (Å²) in [6.45, 7) is 2.46. The second-order valence-corrected chi connectivity index (χ2v) is 5.17. The van der Waals surface area contributed by atoms with E-state index in [9.17, 15) is 4.79 Å². The van der Waals surface area contributed by atoms with E-state index in [1.165, 1.54) is 0 Å². The molecule has 3 rings (SSSR count). The summed E-state index contributed by atoms with van der Waals surface area (Å²) in [7, 11) is 0. The van der Waals surface area contributed by atoms with Crippen molar-refractivity contribution in [2.75, 3.05) is 12.1 Å². The minimum atomic E-state index is 0.123. The number of carbonyl (C=O) groups excluding carboxylic acids is 1. The Hall–Kier alpha value is -1.71. The van der Waals surface area contributed by atoms with Gasteiger partial charge in [0.05, 0.1) is 0 Å². The van der Waals surface area contributed by atoms with Crippen molar-refractivity contribution in [2.45, 2.75) is 26.2 Å². The van der Waals surface area contributed by atoms with Crippen LogP contribution in [-0.2, 0) is 4.79 Å². The Kier molecular flexibility index (Phi) is 2.86. The Balaban J connectivity index is 1.67. The molecule has 1 aromatic rings. The lowest BCUT2D eigenvalue weighted by atomic mass is 10.1. The monoisotopic (exact) mass is 247 g/mol. The molecule has 1 heterocycles. The van der Waals surface area contributed by atoms with Crippen molar-refractivity contribution in [2.24, 2.45) is 11.8 Å². The van der Waals surface area contributed by atoms with Crippen molar-refractivity contribution in [3.8, 4) is 11.5 Å². The Morgan fingerprint density at radius 1 is 1.28 bits per heavy atom. The van der Waals surface area contributed by atoms with Crippen LogP contribution in [0.2, 0.25) is 0 Å². The van der Waals surface area contributed by atoms with Crippen LogP contribution in [-0.4, -0.2) is 12.7 Å². The first-order chi connectivity index (χ1) is 8.72. The fraction of sp³-hybridized carbons (Fsp3) is 0.500. The summed E-state index contributed by atoms with van der Waals surface area (Å²) >= 11 is 0. The van der Waals surface area contributed by atoms with Gasteiger partial charge in [0.25, 0.3) is 0 Å². The Morgan fingerprint density at radius 3 is 2.89 bits per heavy atom. The summed E-state index contributed by atoms with van der Waals surface area (Å²) in [6.07, 6.45) is 3.15. The van der Waals surface area contributed by atoms with Crippen molar-refractivity contribution in [1.29, 1.82) is 0 Å². The summed E-state index contributed by atoms with van der Waals surface area (Å²) in [5.41, 5.74) is 0.781. The first kappa shape index (κ1) is 11.4. The lowest BCUT2D eigenvalue weighted by Gasteiger charge is -2.11. The molecule has 2 unspecified atom stereocenters. The van der Waals surface area contributed by atoms with Crippen LogP contribution in [0, 0.1) is 11.8 Å². The van der Waals surface area contributed by atoms with Gasteiger partial charge < -0.3 is 14.8 Å². The molecule has 1 saturated carbocycles. The van der Waals surface area contributed by atoms with Crippen LogP contribution < -0.4 is 14.8 Å². The van der Waals surface area contributed by atoms with Crippen LogP contribution >= 0.6 is 0 Å². The molecule has 0 bridgehead atoms. The van der Waals surface area contributed by atoms with Crippen LogP contribution in [0.3, 0.4) is 0 Å². The molecule has 1 amide bonds. The Labute approximate surface area is 106 Å². The third kappa shape index (κ3) is 2.15. The van der Waals surface area contributed by atoms with Gasteiger partial charge in [0.15, 0.2) is 11.5 Å². The molecule has 18 heavy (non-hydrogen) atoms. The van der Waals surface area contributed by atoms with Crippen molar-refractivity contribution >= 4 is 11.6 Å². The van der Waals surface area contributed by atoms with Crippen molar-refractivity contribution in [3.05, 3.63) is 18.2 Å². The molecule has 0 aromatic heterocycles. The van der Waals surface area contributed by atoms with Crippen LogP contribution in [0.15, 0.2) is 18.2 Å². The van der Waals surface area contributed by atoms with Crippen molar-refractivity contribution in [1.82, 2.24) is 0 Å². The second kappa shape index (κ2) is 4.52. The number of fused-ring (bicyclic) bond motifs is 1. The molecule has 2 atom stereocenters. The lowest BCUT2D eigenvalue weighted by molar-refractivity contribution is -0.119. The van der Waals surface area contributed by atoms with E-state index in [-0.39, 0.29) is 18.6 Å². The van der Waals surface area contributed by atoms with Gasteiger partial charge in [-0.1, -0.05) is 6.92 Å². The molecule has 0 spiro atoms. The second-order valence-electron chi connectivity index (χ2n) is 5.17. The fourth-order valence-corrected chi connectivity index (χ4v) is 2.66. The Morgan fingerprint density at radius 2 is 2.11 bits per heavy atom. The minimum Gasteiger partial charge on any atom is -0.454 e. The van der Waals surface area contributed by atoms with E-state index in [0.717, 1.165) is 30.7 Å². The van der Waals surface area contributed by atoms with Crippen molar-refractivity contribution < 1.29 is 14.3 Å². The number of hydrogen-bond donors (Lipinski definition) is 1. The highest BCUT2D eigenvalue weighted by atomic mass is 16.7. The zero-order chi connectivity index (χ0) is 12.5. The largest absolute Gasteiger partial charge is 0.454 e. The standard InChI is InChI=1S/C14H17NO3/c1-9-2-3-10(6-9)14(16)15-11-4-5-12-13(7-11)18-8-17-12/h4-5,7,9-10H,2-3,6,8H2,1H3,(H,15,16). The molecule has 0 radical (unpaired) electrons. The number of amides is 1. The number of nitrogens with one attached hydrogen (secondary N) is 1. The van der Waals surface area contributed by atoms with Gasteiger partial charge in [0.1, 0.15) is 0 Å². The van der Waals surface area contributed by atoms with Gasteiger partial charge in [0.2, 0.25) is 12.7 Å². The molecule has 4 heteroatoms. The molecule has 1 aromatic carbocycles. The SMILES string of the molecule is CC1CCC(C(=O)Nc2ccc3c(c2)OCO3)C1. The summed E-state index contributed by atoms with van der Waals surface area (Å²) < 4.78 is 10.5. The number of carbonyl (C=O) groups is 1. The molecule has 1 aliphatic carbocycles. The summed E-state index contributed by atoms with van der Waals surface area (Å²) in [5.74, 6) is 2.39. The van der Waals surface area contributed by atoms with E-state index < -0.39 is 0 Å². The Bertz CT molecular complexity index is 472. The summed E-state index contributed by atoms with van der Waals surface area (Å²) in [6, 6.07) is 5.50. The maximum Gasteiger partial charge on any atom is 0.231 e. The molecule has 1 N–H and O–H groups in total. The third-order valence-electron chi connectivity index (χ3n) is 3.71. The molecule has 2 aliphatic rings. The smallest absolute Gasteiger partial charge is 0.231 e. The van der Waals surface area contributed by atoms with E-state index >= 15 is 0 Å². The van der Waals surface area contributed by atoms with Crippen LogP contribution in [0.5, 0.6) is 11.5 Å². The molecule has 4 nitrogen and oxygen atoms in total. The summed E-state index contributed by atoms with van der Waals surface area (Å²) in [5, 5.41) is 2.96. The van der Waals surface area contributed by atoms with E-state index in [2.05, 4.69) is 12.2 Å². The predicted molar refractivity (Wildman–Crippen MR) is 67.7 cm³/mol. The topological polar surface area (TPSA) is 47.6 Å². The molecular formula is C14H17NO3. The van der Waals surface area contributed by atoms with Crippen LogP contribution in [0.25, 0.3) is 0 Å². The van der Waals surface area contributed by atoms with Crippen LogP contribution in [0.4, 0.5) is 5.69 Å². The van der Waals surface area contributed by atoms with Gasteiger partial charge in [-0.2, -0.15) is 0 Å².